The van der Waals surface area contributed by atoms with Crippen molar-refractivity contribution in [3.63, 3.8) is 0 Å². The molecular formula is C30H22O6. The van der Waals surface area contributed by atoms with Gasteiger partial charge in [-0.05, 0) is 46.2 Å². The average molecular weight is 479 g/mol. The standard InChI is InChI=1S/C30H22O6/c1-17-10-12-18(13-11-17)16-36-30(35)24-15-20-7-3-5-9-22(20)26(28(24)32)25-21-8-4-2-6-19(21)14-23(27(25)31)29(33)34/h2-15,31-32H,16H2,1H3,(H,33,34). The molecule has 0 amide bonds. The second-order valence-electron chi connectivity index (χ2n) is 8.60. The second kappa shape index (κ2) is 9.07. The molecule has 5 aromatic rings. The van der Waals surface area contributed by atoms with Crippen molar-refractivity contribution in [2.75, 3.05) is 0 Å². The smallest absolute Gasteiger partial charge is 0.342 e. The quantitative estimate of drug-likeness (QED) is 0.251. The Kier molecular flexibility index (Phi) is 5.78. The summed E-state index contributed by atoms with van der Waals surface area (Å²) in [4.78, 5) is 25.0. The minimum Gasteiger partial charge on any atom is -0.506 e. The van der Waals surface area contributed by atoms with Crippen molar-refractivity contribution in [1.29, 1.82) is 0 Å². The van der Waals surface area contributed by atoms with Gasteiger partial charge in [-0.25, -0.2) is 9.59 Å². The summed E-state index contributed by atoms with van der Waals surface area (Å²) < 4.78 is 5.50. The molecule has 0 atom stereocenters. The van der Waals surface area contributed by atoms with E-state index in [1.54, 1.807) is 48.5 Å². The van der Waals surface area contributed by atoms with Crippen LogP contribution in [0.4, 0.5) is 0 Å². The van der Waals surface area contributed by atoms with Crippen LogP contribution >= 0.6 is 0 Å². The third-order valence-corrected chi connectivity index (χ3v) is 6.23. The lowest BCUT2D eigenvalue weighted by Gasteiger charge is -2.18. The molecule has 3 N–H and O–H groups in total. The van der Waals surface area contributed by atoms with Crippen LogP contribution in [0.2, 0.25) is 0 Å². The van der Waals surface area contributed by atoms with E-state index in [0.717, 1.165) is 11.1 Å². The fourth-order valence-electron chi connectivity index (χ4n) is 4.41. The highest BCUT2D eigenvalue weighted by atomic mass is 16.5. The first-order valence-electron chi connectivity index (χ1n) is 11.3. The predicted molar refractivity (Wildman–Crippen MR) is 137 cm³/mol. The van der Waals surface area contributed by atoms with Gasteiger partial charge in [0.15, 0.2) is 0 Å². The van der Waals surface area contributed by atoms with E-state index in [2.05, 4.69) is 0 Å². The fourth-order valence-corrected chi connectivity index (χ4v) is 4.41. The van der Waals surface area contributed by atoms with Crippen molar-refractivity contribution in [2.24, 2.45) is 0 Å². The number of rotatable bonds is 5. The highest BCUT2D eigenvalue weighted by Gasteiger charge is 2.26. The van der Waals surface area contributed by atoms with Crippen LogP contribution in [0, 0.1) is 6.92 Å². The first kappa shape index (κ1) is 22.9. The number of aromatic hydroxyl groups is 2. The number of hydrogen-bond acceptors (Lipinski definition) is 5. The Morgan fingerprint density at radius 1 is 0.722 bits per heavy atom. The number of aromatic carboxylic acids is 1. The molecule has 0 aliphatic carbocycles. The van der Waals surface area contributed by atoms with E-state index in [9.17, 15) is 24.9 Å². The van der Waals surface area contributed by atoms with Crippen molar-refractivity contribution in [2.45, 2.75) is 13.5 Å². The molecule has 5 aromatic carbocycles. The summed E-state index contributed by atoms with van der Waals surface area (Å²) in [7, 11) is 0. The molecule has 0 spiro atoms. The van der Waals surface area contributed by atoms with E-state index in [1.165, 1.54) is 12.1 Å². The number of phenolic OH excluding ortho intramolecular Hbond substituents is 1. The molecule has 6 nitrogen and oxygen atoms in total. The summed E-state index contributed by atoms with van der Waals surface area (Å²) in [5.41, 5.74) is 1.78. The number of phenols is 2. The van der Waals surface area contributed by atoms with Gasteiger partial charge in [0, 0.05) is 11.1 Å². The van der Waals surface area contributed by atoms with Crippen molar-refractivity contribution in [1.82, 2.24) is 0 Å². The lowest BCUT2D eigenvalue weighted by atomic mass is 9.89. The van der Waals surface area contributed by atoms with Gasteiger partial charge in [-0.15, -0.1) is 0 Å². The minimum atomic E-state index is -1.31. The van der Waals surface area contributed by atoms with E-state index < -0.39 is 23.4 Å². The topological polar surface area (TPSA) is 104 Å². The zero-order valence-corrected chi connectivity index (χ0v) is 19.4. The maximum absolute atomic E-state index is 13.1. The number of esters is 1. The Morgan fingerprint density at radius 3 is 1.78 bits per heavy atom. The van der Waals surface area contributed by atoms with E-state index in [0.29, 0.717) is 21.5 Å². The molecule has 0 aromatic heterocycles. The van der Waals surface area contributed by atoms with Gasteiger partial charge < -0.3 is 20.1 Å². The van der Waals surface area contributed by atoms with E-state index in [-0.39, 0.29) is 28.9 Å². The maximum atomic E-state index is 13.1. The summed E-state index contributed by atoms with van der Waals surface area (Å²) in [5, 5.41) is 34.5. The molecule has 0 aliphatic heterocycles. The third-order valence-electron chi connectivity index (χ3n) is 6.23. The molecule has 0 bridgehead atoms. The van der Waals surface area contributed by atoms with Crippen LogP contribution in [0.15, 0.2) is 84.9 Å². The molecule has 0 fully saturated rings. The number of fused-ring (bicyclic) bond motifs is 2. The van der Waals surface area contributed by atoms with Gasteiger partial charge in [-0.3, -0.25) is 0 Å². The third kappa shape index (κ3) is 3.99. The van der Waals surface area contributed by atoms with Crippen LogP contribution in [0.3, 0.4) is 0 Å². The molecule has 6 heteroatoms. The van der Waals surface area contributed by atoms with Gasteiger partial charge in [0.25, 0.3) is 0 Å². The van der Waals surface area contributed by atoms with Crippen molar-refractivity contribution < 1.29 is 29.6 Å². The number of carboxylic acid groups (broad SMARTS) is 1. The normalized spacial score (nSPS) is 11.0. The van der Waals surface area contributed by atoms with Crippen LogP contribution < -0.4 is 0 Å². The lowest BCUT2D eigenvalue weighted by molar-refractivity contribution is 0.0469. The lowest BCUT2D eigenvalue weighted by Crippen LogP contribution is -2.07. The van der Waals surface area contributed by atoms with Gasteiger partial charge in [-0.1, -0.05) is 78.4 Å². The Morgan fingerprint density at radius 2 is 1.22 bits per heavy atom. The number of aryl methyl sites for hydroxylation is 1. The van der Waals surface area contributed by atoms with Gasteiger partial charge in [0.05, 0.1) is 0 Å². The van der Waals surface area contributed by atoms with Gasteiger partial charge in [0.2, 0.25) is 0 Å². The molecule has 0 saturated heterocycles. The van der Waals surface area contributed by atoms with Gasteiger partial charge in [0.1, 0.15) is 29.2 Å². The summed E-state index contributed by atoms with van der Waals surface area (Å²) in [6.07, 6.45) is 0. The SMILES string of the molecule is Cc1ccc(COC(=O)c2cc3ccccc3c(-c3c(O)c(C(=O)O)cc4ccccc34)c2O)cc1. The monoisotopic (exact) mass is 478 g/mol. The molecule has 0 radical (unpaired) electrons. The van der Waals surface area contributed by atoms with Crippen LogP contribution in [-0.4, -0.2) is 27.3 Å². The molecule has 0 unspecified atom stereocenters. The summed E-state index contributed by atoms with van der Waals surface area (Å²) >= 11 is 0. The first-order valence-corrected chi connectivity index (χ1v) is 11.3. The van der Waals surface area contributed by atoms with Crippen LogP contribution in [-0.2, 0) is 11.3 Å². The average Bonchev–Trinajstić information content (AvgIpc) is 2.88. The van der Waals surface area contributed by atoms with E-state index in [1.807, 2.05) is 31.2 Å². The zero-order chi connectivity index (χ0) is 25.4. The van der Waals surface area contributed by atoms with Crippen LogP contribution in [0.5, 0.6) is 11.5 Å². The zero-order valence-electron chi connectivity index (χ0n) is 19.4. The van der Waals surface area contributed by atoms with Crippen LogP contribution in [0.1, 0.15) is 31.8 Å². The number of carboxylic acids is 1. The number of carbonyl (C=O) groups excluding carboxylic acids is 1. The predicted octanol–water partition coefficient (Wildman–Crippen LogP) is 6.43. The number of benzene rings is 5. The highest BCUT2D eigenvalue weighted by Crippen LogP contribution is 2.47. The maximum Gasteiger partial charge on any atom is 0.342 e. The Hall–Kier alpha value is -4.84. The number of carbonyl (C=O) groups is 2. The van der Waals surface area contributed by atoms with E-state index >= 15 is 0 Å². The molecule has 0 aliphatic rings. The van der Waals surface area contributed by atoms with E-state index in [4.69, 9.17) is 4.74 Å². The minimum absolute atomic E-state index is 0.0173. The van der Waals surface area contributed by atoms with Crippen molar-refractivity contribution >= 4 is 33.5 Å². The largest absolute Gasteiger partial charge is 0.506 e. The fraction of sp³-hybridized carbons (Fsp3) is 0.0667. The van der Waals surface area contributed by atoms with Crippen LogP contribution in [0.25, 0.3) is 32.7 Å². The van der Waals surface area contributed by atoms with Gasteiger partial charge >= 0.3 is 11.9 Å². The molecule has 36 heavy (non-hydrogen) atoms. The summed E-state index contributed by atoms with van der Waals surface area (Å²) in [6.45, 7) is 1.98. The Bertz CT molecular complexity index is 1650. The van der Waals surface area contributed by atoms with Crippen molar-refractivity contribution in [3.05, 3.63) is 107 Å². The molecular weight excluding hydrogens is 456 g/mol. The summed E-state index contributed by atoms with van der Waals surface area (Å²) in [5.74, 6) is -2.94. The second-order valence-corrected chi connectivity index (χ2v) is 8.60. The molecule has 0 saturated carbocycles. The van der Waals surface area contributed by atoms with Crippen molar-refractivity contribution in [3.8, 4) is 22.6 Å². The summed E-state index contributed by atoms with van der Waals surface area (Å²) in [6, 6.07) is 24.5. The Balaban J connectivity index is 1.72. The number of ether oxygens (including phenoxy) is 1. The number of hydrogen-bond donors (Lipinski definition) is 3. The highest BCUT2D eigenvalue weighted by molar-refractivity contribution is 6.15. The van der Waals surface area contributed by atoms with Gasteiger partial charge in [-0.2, -0.15) is 0 Å². The first-order chi connectivity index (χ1) is 17.3. The molecule has 178 valence electrons. The Labute approximate surface area is 206 Å². The molecule has 0 heterocycles. The molecule has 5 rings (SSSR count).